The van der Waals surface area contributed by atoms with Crippen molar-refractivity contribution >= 4 is 37.3 Å². The lowest BCUT2D eigenvalue weighted by molar-refractivity contribution is -0.133. The maximum Gasteiger partial charge on any atom is 0.262 e. The molecule has 1 aliphatic heterocycles. The van der Waals surface area contributed by atoms with Gasteiger partial charge in [0.25, 0.3) is 5.56 Å². The first-order valence-corrected chi connectivity index (χ1v) is 10.0. The number of nitrogens with zero attached hydrogens (tertiary/aromatic N) is 3. The summed E-state index contributed by atoms with van der Waals surface area (Å²) >= 11 is 1.37. The zero-order chi connectivity index (χ0) is 16.6. The summed E-state index contributed by atoms with van der Waals surface area (Å²) in [6, 6.07) is 1.39. The maximum atomic E-state index is 12.5. The van der Waals surface area contributed by atoms with E-state index in [-0.39, 0.29) is 35.6 Å². The number of aromatic nitrogens is 2. The Morgan fingerprint density at radius 1 is 1.52 bits per heavy atom. The average molecular weight is 355 g/mol. The summed E-state index contributed by atoms with van der Waals surface area (Å²) in [5.41, 5.74) is -0.250. The second-order valence-corrected chi connectivity index (χ2v) is 8.68. The van der Waals surface area contributed by atoms with E-state index >= 15 is 0 Å². The Hall–Kier alpha value is -1.74. The smallest absolute Gasteiger partial charge is 0.262 e. The molecule has 0 bridgehead atoms. The molecule has 0 aliphatic carbocycles. The molecule has 2 aromatic heterocycles. The van der Waals surface area contributed by atoms with Gasteiger partial charge in [0, 0.05) is 12.6 Å². The first-order valence-electron chi connectivity index (χ1n) is 7.34. The van der Waals surface area contributed by atoms with E-state index in [1.807, 2.05) is 6.92 Å². The minimum Gasteiger partial charge on any atom is -0.337 e. The Balaban J connectivity index is 1.81. The van der Waals surface area contributed by atoms with E-state index < -0.39 is 9.84 Å². The third-order valence-corrected chi connectivity index (χ3v) is 6.64. The topological polar surface area (TPSA) is 89.3 Å². The lowest BCUT2D eigenvalue weighted by atomic mass is 10.2. The number of likely N-dealkylation sites (N-methyl/N-ethyl adjacent to an activating group) is 1. The fourth-order valence-electron chi connectivity index (χ4n) is 2.90. The molecule has 1 unspecified atom stereocenters. The number of hydrogen-bond acceptors (Lipinski definition) is 6. The van der Waals surface area contributed by atoms with Crippen LogP contribution >= 0.6 is 11.3 Å². The van der Waals surface area contributed by atoms with Gasteiger partial charge in [-0.05, 0) is 24.8 Å². The van der Waals surface area contributed by atoms with E-state index in [0.717, 1.165) is 0 Å². The molecule has 1 atom stereocenters. The SMILES string of the molecule is CCN(C(=O)Cn1cnc2sccc2c1=O)C1CCS(=O)(=O)C1. The van der Waals surface area contributed by atoms with Gasteiger partial charge in [0.1, 0.15) is 11.4 Å². The van der Waals surface area contributed by atoms with Gasteiger partial charge in [-0.3, -0.25) is 14.2 Å². The number of amides is 1. The number of sulfone groups is 1. The van der Waals surface area contributed by atoms with Crippen LogP contribution in [0.1, 0.15) is 13.3 Å². The van der Waals surface area contributed by atoms with E-state index in [0.29, 0.717) is 23.2 Å². The van der Waals surface area contributed by atoms with Crippen LogP contribution in [0, 0.1) is 0 Å². The molecule has 3 heterocycles. The summed E-state index contributed by atoms with van der Waals surface area (Å²) in [7, 11) is -3.06. The van der Waals surface area contributed by atoms with Crippen LogP contribution in [0.15, 0.2) is 22.6 Å². The summed E-state index contributed by atoms with van der Waals surface area (Å²) in [5, 5.41) is 2.28. The van der Waals surface area contributed by atoms with Crippen LogP contribution in [0.2, 0.25) is 0 Å². The van der Waals surface area contributed by atoms with E-state index in [4.69, 9.17) is 0 Å². The van der Waals surface area contributed by atoms with Crippen molar-refractivity contribution in [3.8, 4) is 0 Å². The molecule has 1 saturated heterocycles. The molecule has 0 radical (unpaired) electrons. The molecular weight excluding hydrogens is 338 g/mol. The van der Waals surface area contributed by atoms with Crippen molar-refractivity contribution in [3.05, 3.63) is 28.1 Å². The van der Waals surface area contributed by atoms with E-state index in [2.05, 4.69) is 4.98 Å². The van der Waals surface area contributed by atoms with Gasteiger partial charge in [-0.25, -0.2) is 13.4 Å². The second-order valence-electron chi connectivity index (χ2n) is 5.55. The number of carbonyl (C=O) groups is 1. The van der Waals surface area contributed by atoms with Gasteiger partial charge in [0.2, 0.25) is 5.91 Å². The fraction of sp³-hybridized carbons (Fsp3) is 0.500. The first kappa shape index (κ1) is 16.1. The van der Waals surface area contributed by atoms with Crippen LogP contribution in [0.3, 0.4) is 0 Å². The summed E-state index contributed by atoms with van der Waals surface area (Å²) in [6.07, 6.45) is 1.83. The highest BCUT2D eigenvalue weighted by molar-refractivity contribution is 7.91. The molecule has 1 fully saturated rings. The molecule has 0 N–H and O–H groups in total. The maximum absolute atomic E-state index is 12.5. The third kappa shape index (κ3) is 3.16. The number of rotatable bonds is 4. The zero-order valence-corrected chi connectivity index (χ0v) is 14.3. The van der Waals surface area contributed by atoms with Gasteiger partial charge in [0.05, 0.1) is 23.2 Å². The lowest BCUT2D eigenvalue weighted by Gasteiger charge is -2.27. The third-order valence-electron chi connectivity index (χ3n) is 4.07. The minimum absolute atomic E-state index is 0.00327. The Labute approximate surface area is 137 Å². The highest BCUT2D eigenvalue weighted by Gasteiger charge is 2.33. The molecule has 7 nitrogen and oxygen atoms in total. The number of thiophene rings is 1. The molecule has 0 spiro atoms. The summed E-state index contributed by atoms with van der Waals surface area (Å²) in [5.74, 6) is -0.138. The quantitative estimate of drug-likeness (QED) is 0.796. The molecule has 1 amide bonds. The van der Waals surface area contributed by atoms with Crippen LogP contribution in [-0.2, 0) is 21.2 Å². The van der Waals surface area contributed by atoms with Crippen LogP contribution in [0.5, 0.6) is 0 Å². The summed E-state index contributed by atoms with van der Waals surface area (Å²) in [6.45, 7) is 2.11. The van der Waals surface area contributed by atoms with E-state index in [1.54, 1.807) is 16.3 Å². The number of fused-ring (bicyclic) bond motifs is 1. The Bertz CT molecular complexity index is 900. The van der Waals surface area contributed by atoms with Crippen molar-refractivity contribution in [2.75, 3.05) is 18.1 Å². The minimum atomic E-state index is -3.06. The Morgan fingerprint density at radius 2 is 2.30 bits per heavy atom. The fourth-order valence-corrected chi connectivity index (χ4v) is 5.36. The van der Waals surface area contributed by atoms with Crippen LogP contribution in [0.4, 0.5) is 0 Å². The number of carbonyl (C=O) groups excluding carboxylic acids is 1. The normalized spacial score (nSPS) is 20.0. The molecule has 23 heavy (non-hydrogen) atoms. The van der Waals surface area contributed by atoms with Crippen LogP contribution in [0.25, 0.3) is 10.2 Å². The molecule has 0 saturated carbocycles. The van der Waals surface area contributed by atoms with Crippen LogP contribution < -0.4 is 5.56 Å². The van der Waals surface area contributed by atoms with Crippen molar-refractivity contribution in [3.63, 3.8) is 0 Å². The van der Waals surface area contributed by atoms with Crippen molar-refractivity contribution in [2.45, 2.75) is 25.9 Å². The zero-order valence-electron chi connectivity index (χ0n) is 12.6. The van der Waals surface area contributed by atoms with Crippen molar-refractivity contribution in [1.29, 1.82) is 0 Å². The van der Waals surface area contributed by atoms with Crippen molar-refractivity contribution in [1.82, 2.24) is 14.5 Å². The molecule has 124 valence electrons. The van der Waals surface area contributed by atoms with Gasteiger partial charge >= 0.3 is 0 Å². The van der Waals surface area contributed by atoms with Crippen molar-refractivity contribution in [2.24, 2.45) is 0 Å². The second kappa shape index (κ2) is 6.04. The molecule has 2 aromatic rings. The first-order chi connectivity index (χ1) is 10.9. The predicted octanol–water partition coefficient (Wildman–Crippen LogP) is 0.494. The summed E-state index contributed by atoms with van der Waals surface area (Å²) in [4.78, 5) is 31.2. The molecule has 1 aliphatic rings. The summed E-state index contributed by atoms with van der Waals surface area (Å²) < 4.78 is 24.5. The predicted molar refractivity (Wildman–Crippen MR) is 88.3 cm³/mol. The monoisotopic (exact) mass is 355 g/mol. The van der Waals surface area contributed by atoms with Gasteiger partial charge in [-0.1, -0.05) is 0 Å². The standard InChI is InChI=1S/C14H17N3O4S2/c1-2-17(10-4-6-23(20,21)8-10)12(18)7-16-9-15-13-11(14(16)19)3-5-22-13/h3,5,9-10H,2,4,6-8H2,1H3. The van der Waals surface area contributed by atoms with Gasteiger partial charge in [-0.2, -0.15) is 0 Å². The van der Waals surface area contributed by atoms with Crippen molar-refractivity contribution < 1.29 is 13.2 Å². The molecule has 3 rings (SSSR count). The average Bonchev–Trinajstić information content (AvgIpc) is 3.10. The molecular formula is C14H17N3O4S2. The highest BCUT2D eigenvalue weighted by Crippen LogP contribution is 2.18. The molecule has 9 heteroatoms. The number of hydrogen-bond donors (Lipinski definition) is 0. The lowest BCUT2D eigenvalue weighted by Crippen LogP contribution is -2.43. The van der Waals surface area contributed by atoms with E-state index in [9.17, 15) is 18.0 Å². The van der Waals surface area contributed by atoms with Gasteiger partial charge in [-0.15, -0.1) is 11.3 Å². The van der Waals surface area contributed by atoms with Crippen LogP contribution in [-0.4, -0.2) is 52.9 Å². The largest absolute Gasteiger partial charge is 0.337 e. The Kier molecular flexibility index (Phi) is 4.24. The van der Waals surface area contributed by atoms with Gasteiger partial charge in [0.15, 0.2) is 9.84 Å². The Morgan fingerprint density at radius 3 is 2.96 bits per heavy atom. The molecule has 0 aromatic carbocycles. The van der Waals surface area contributed by atoms with Gasteiger partial charge < -0.3 is 4.90 Å². The van der Waals surface area contributed by atoms with E-state index in [1.165, 1.54) is 22.2 Å². The highest BCUT2D eigenvalue weighted by atomic mass is 32.2.